The fourth-order valence-electron chi connectivity index (χ4n) is 1.64. The maximum absolute atomic E-state index is 5.50. The zero-order valence-electron chi connectivity index (χ0n) is 8.41. The first-order chi connectivity index (χ1) is 7.84. The van der Waals surface area contributed by atoms with Gasteiger partial charge in [0.15, 0.2) is 0 Å². The first kappa shape index (κ1) is 8.84. The minimum absolute atomic E-state index is 0.418. The highest BCUT2D eigenvalue weighted by molar-refractivity contribution is 5.60. The second kappa shape index (κ2) is 3.30. The normalized spacial score (nSPS) is 10.8. The van der Waals surface area contributed by atoms with Crippen LogP contribution < -0.4 is 5.73 Å². The summed E-state index contributed by atoms with van der Waals surface area (Å²) in [6.45, 7) is 0. The average molecular weight is 211 g/mol. The topological polar surface area (TPSA) is 69.1 Å². The van der Waals surface area contributed by atoms with Crippen LogP contribution in [-0.4, -0.2) is 19.6 Å². The van der Waals surface area contributed by atoms with Crippen molar-refractivity contribution in [2.45, 2.75) is 0 Å². The molecule has 3 aromatic heterocycles. The number of pyridine rings is 1. The van der Waals surface area contributed by atoms with Crippen molar-refractivity contribution < 1.29 is 0 Å². The molecule has 0 saturated heterocycles. The standard InChI is InChI=1S/C11H9N5/c12-10-5-4-8(14-15-10)9-2-1-3-11-13-6-7-16(9)11/h1-7H,(H2,12,15). The fourth-order valence-corrected chi connectivity index (χ4v) is 1.64. The lowest BCUT2D eigenvalue weighted by Crippen LogP contribution is -1.97. The molecule has 5 heteroatoms. The van der Waals surface area contributed by atoms with Crippen LogP contribution in [0.1, 0.15) is 0 Å². The van der Waals surface area contributed by atoms with E-state index in [4.69, 9.17) is 5.73 Å². The van der Waals surface area contributed by atoms with E-state index in [0.717, 1.165) is 17.0 Å². The van der Waals surface area contributed by atoms with Crippen LogP contribution in [0.15, 0.2) is 42.7 Å². The molecule has 5 nitrogen and oxygen atoms in total. The smallest absolute Gasteiger partial charge is 0.146 e. The molecule has 3 heterocycles. The molecule has 0 spiro atoms. The third-order valence-electron chi connectivity index (χ3n) is 2.38. The predicted molar refractivity (Wildman–Crippen MR) is 60.6 cm³/mol. The molecule has 16 heavy (non-hydrogen) atoms. The van der Waals surface area contributed by atoms with Gasteiger partial charge >= 0.3 is 0 Å². The maximum Gasteiger partial charge on any atom is 0.146 e. The Bertz CT molecular complexity index is 626. The van der Waals surface area contributed by atoms with Crippen LogP contribution in [0.25, 0.3) is 17.0 Å². The lowest BCUT2D eigenvalue weighted by molar-refractivity contribution is 1.03. The Morgan fingerprint density at radius 1 is 1.06 bits per heavy atom. The molecule has 0 aliphatic rings. The molecule has 3 aromatic rings. The third kappa shape index (κ3) is 1.30. The molecule has 0 aliphatic carbocycles. The first-order valence-corrected chi connectivity index (χ1v) is 4.86. The van der Waals surface area contributed by atoms with E-state index in [-0.39, 0.29) is 0 Å². The number of hydrogen-bond donors (Lipinski definition) is 1. The van der Waals surface area contributed by atoms with Crippen molar-refractivity contribution in [2.75, 3.05) is 5.73 Å². The lowest BCUT2D eigenvalue weighted by atomic mass is 10.2. The zero-order valence-corrected chi connectivity index (χ0v) is 8.41. The summed E-state index contributed by atoms with van der Waals surface area (Å²) in [7, 11) is 0. The molecule has 2 N–H and O–H groups in total. The monoisotopic (exact) mass is 211 g/mol. The summed E-state index contributed by atoms with van der Waals surface area (Å²) in [6, 6.07) is 9.42. The fraction of sp³-hybridized carbons (Fsp3) is 0. The number of anilines is 1. The summed E-state index contributed by atoms with van der Waals surface area (Å²) in [5.74, 6) is 0.418. The van der Waals surface area contributed by atoms with Gasteiger partial charge < -0.3 is 5.73 Å². The van der Waals surface area contributed by atoms with Gasteiger partial charge in [0.25, 0.3) is 0 Å². The second-order valence-corrected chi connectivity index (χ2v) is 3.41. The van der Waals surface area contributed by atoms with Gasteiger partial charge in [-0.15, -0.1) is 10.2 Å². The number of rotatable bonds is 1. The molecular formula is C11H9N5. The maximum atomic E-state index is 5.50. The zero-order chi connectivity index (χ0) is 11.0. The van der Waals surface area contributed by atoms with Crippen LogP contribution in [0.2, 0.25) is 0 Å². The molecule has 0 saturated carbocycles. The minimum atomic E-state index is 0.418. The molecule has 0 aliphatic heterocycles. The van der Waals surface area contributed by atoms with Crippen LogP contribution in [-0.2, 0) is 0 Å². The highest BCUT2D eigenvalue weighted by atomic mass is 15.1. The Kier molecular flexibility index (Phi) is 1.83. The summed E-state index contributed by atoms with van der Waals surface area (Å²) in [6.07, 6.45) is 3.65. The van der Waals surface area contributed by atoms with Crippen molar-refractivity contribution in [3.8, 4) is 11.4 Å². The summed E-state index contributed by atoms with van der Waals surface area (Å²) < 4.78 is 1.96. The third-order valence-corrected chi connectivity index (χ3v) is 2.38. The number of fused-ring (bicyclic) bond motifs is 1. The van der Waals surface area contributed by atoms with Gasteiger partial charge in [-0.1, -0.05) is 6.07 Å². The summed E-state index contributed by atoms with van der Waals surface area (Å²) >= 11 is 0. The molecule has 78 valence electrons. The minimum Gasteiger partial charge on any atom is -0.382 e. The number of hydrogen-bond acceptors (Lipinski definition) is 4. The molecule has 0 bridgehead atoms. The van der Waals surface area contributed by atoms with E-state index in [1.54, 1.807) is 12.3 Å². The van der Waals surface area contributed by atoms with E-state index in [1.807, 2.05) is 34.9 Å². The van der Waals surface area contributed by atoms with Crippen molar-refractivity contribution >= 4 is 11.5 Å². The van der Waals surface area contributed by atoms with Gasteiger partial charge in [-0.05, 0) is 24.3 Å². The van der Waals surface area contributed by atoms with Crippen molar-refractivity contribution in [3.63, 3.8) is 0 Å². The van der Waals surface area contributed by atoms with E-state index >= 15 is 0 Å². The molecule has 0 aromatic carbocycles. The van der Waals surface area contributed by atoms with Gasteiger partial charge in [0.2, 0.25) is 0 Å². The summed E-state index contributed by atoms with van der Waals surface area (Å²) in [5.41, 5.74) is 8.11. The number of nitrogens with zero attached hydrogens (tertiary/aromatic N) is 4. The van der Waals surface area contributed by atoms with Crippen molar-refractivity contribution in [1.82, 2.24) is 19.6 Å². The Morgan fingerprint density at radius 2 is 2.00 bits per heavy atom. The molecule has 0 fully saturated rings. The molecule has 3 rings (SSSR count). The van der Waals surface area contributed by atoms with E-state index in [9.17, 15) is 0 Å². The van der Waals surface area contributed by atoms with E-state index < -0.39 is 0 Å². The van der Waals surface area contributed by atoms with Gasteiger partial charge in [0, 0.05) is 12.4 Å². The average Bonchev–Trinajstić information content (AvgIpc) is 2.78. The van der Waals surface area contributed by atoms with Crippen LogP contribution in [0.5, 0.6) is 0 Å². The van der Waals surface area contributed by atoms with Crippen LogP contribution in [0.3, 0.4) is 0 Å². The molecule has 0 radical (unpaired) electrons. The summed E-state index contributed by atoms with van der Waals surface area (Å²) in [4.78, 5) is 4.21. The Labute approximate surface area is 91.6 Å². The Hall–Kier alpha value is -2.43. The first-order valence-electron chi connectivity index (χ1n) is 4.86. The molecule has 0 amide bonds. The predicted octanol–water partition coefficient (Wildman–Crippen LogP) is 1.37. The van der Waals surface area contributed by atoms with Crippen LogP contribution in [0, 0.1) is 0 Å². The molecule has 0 unspecified atom stereocenters. The van der Waals surface area contributed by atoms with Gasteiger partial charge in [0.05, 0.1) is 5.69 Å². The van der Waals surface area contributed by atoms with Crippen LogP contribution in [0.4, 0.5) is 5.82 Å². The van der Waals surface area contributed by atoms with Crippen molar-refractivity contribution in [2.24, 2.45) is 0 Å². The Balaban J connectivity index is 2.25. The van der Waals surface area contributed by atoms with Gasteiger partial charge in [0.1, 0.15) is 17.2 Å². The van der Waals surface area contributed by atoms with Gasteiger partial charge in [-0.25, -0.2) is 4.98 Å². The SMILES string of the molecule is Nc1ccc(-c2cccc3nccn23)nn1. The highest BCUT2D eigenvalue weighted by Crippen LogP contribution is 2.17. The Morgan fingerprint density at radius 3 is 2.81 bits per heavy atom. The van der Waals surface area contributed by atoms with Crippen molar-refractivity contribution in [3.05, 3.63) is 42.7 Å². The van der Waals surface area contributed by atoms with Gasteiger partial charge in [-0.3, -0.25) is 4.40 Å². The van der Waals surface area contributed by atoms with Crippen LogP contribution >= 0.6 is 0 Å². The lowest BCUT2D eigenvalue weighted by Gasteiger charge is -2.03. The molecule has 0 atom stereocenters. The molecular weight excluding hydrogens is 202 g/mol. The number of nitrogen functional groups attached to an aromatic ring is 1. The number of nitrogens with two attached hydrogens (primary N) is 1. The number of imidazole rings is 1. The second-order valence-electron chi connectivity index (χ2n) is 3.41. The highest BCUT2D eigenvalue weighted by Gasteiger charge is 2.04. The number of aromatic nitrogens is 4. The van der Waals surface area contributed by atoms with E-state index in [1.165, 1.54) is 0 Å². The van der Waals surface area contributed by atoms with Crippen molar-refractivity contribution in [1.29, 1.82) is 0 Å². The summed E-state index contributed by atoms with van der Waals surface area (Å²) in [5, 5.41) is 7.90. The quantitative estimate of drug-likeness (QED) is 0.660. The van der Waals surface area contributed by atoms with E-state index in [0.29, 0.717) is 5.82 Å². The van der Waals surface area contributed by atoms with E-state index in [2.05, 4.69) is 15.2 Å². The largest absolute Gasteiger partial charge is 0.382 e. The van der Waals surface area contributed by atoms with Gasteiger partial charge in [-0.2, -0.15) is 0 Å².